The fourth-order valence-electron chi connectivity index (χ4n) is 4.08. The summed E-state index contributed by atoms with van der Waals surface area (Å²) < 4.78 is 55.2. The number of fused-ring (bicyclic) bond motifs is 2. The summed E-state index contributed by atoms with van der Waals surface area (Å²) in [5.41, 5.74) is -0.910. The number of nitrogens with zero attached hydrogens (tertiary/aromatic N) is 7. The molecule has 0 aliphatic carbocycles. The lowest BCUT2D eigenvalue weighted by Crippen LogP contribution is -2.23. The lowest BCUT2D eigenvalue weighted by Gasteiger charge is -2.12. The standard InChI is InChI=1S/C24H19F3N8O3/c1-33-11-18(37-4)14-6-13(8-30-21(14)33)38-17-9-29-20-19(15(17)7-28)35(3)23(32-20)31-16-5-12(24(25,26)27)10-34(2)22(16)36/h5-6,8-11H,1-4H3,(H,29,31,32). The molecule has 14 heteroatoms. The fourth-order valence-corrected chi connectivity index (χ4v) is 4.08. The zero-order valence-electron chi connectivity index (χ0n) is 20.5. The summed E-state index contributed by atoms with van der Waals surface area (Å²) in [6.07, 6.45) is 0.633. The molecule has 0 fully saturated rings. The fraction of sp³-hybridized carbons (Fsp3) is 0.208. The molecule has 38 heavy (non-hydrogen) atoms. The number of ether oxygens (including phenoxy) is 2. The molecule has 194 valence electrons. The van der Waals surface area contributed by atoms with Gasteiger partial charge < -0.3 is 28.5 Å². The van der Waals surface area contributed by atoms with Crippen LogP contribution >= 0.6 is 0 Å². The van der Waals surface area contributed by atoms with Crippen molar-refractivity contribution < 1.29 is 22.6 Å². The third-order valence-corrected chi connectivity index (χ3v) is 5.93. The molecule has 0 saturated carbocycles. The van der Waals surface area contributed by atoms with Crippen molar-refractivity contribution in [2.45, 2.75) is 6.18 Å². The summed E-state index contributed by atoms with van der Waals surface area (Å²) in [6.45, 7) is 0. The van der Waals surface area contributed by atoms with E-state index >= 15 is 0 Å². The first-order chi connectivity index (χ1) is 18.0. The van der Waals surface area contributed by atoms with Crippen LogP contribution in [0.25, 0.3) is 22.2 Å². The Morgan fingerprint density at radius 2 is 1.82 bits per heavy atom. The Morgan fingerprint density at radius 3 is 2.50 bits per heavy atom. The molecule has 0 bridgehead atoms. The normalized spacial score (nSPS) is 11.6. The predicted molar refractivity (Wildman–Crippen MR) is 131 cm³/mol. The van der Waals surface area contributed by atoms with Gasteiger partial charge in [0.15, 0.2) is 11.4 Å². The summed E-state index contributed by atoms with van der Waals surface area (Å²) >= 11 is 0. The molecule has 1 N–H and O–H groups in total. The molecule has 0 spiro atoms. The Balaban J connectivity index is 1.56. The molecule has 0 atom stereocenters. The summed E-state index contributed by atoms with van der Waals surface area (Å²) in [5, 5.41) is 13.3. The molecule has 0 aliphatic rings. The third-order valence-electron chi connectivity index (χ3n) is 5.93. The van der Waals surface area contributed by atoms with Crippen molar-refractivity contribution in [3.8, 4) is 23.3 Å². The summed E-state index contributed by atoms with van der Waals surface area (Å²) in [6, 6.07) is 4.49. The van der Waals surface area contributed by atoms with E-state index in [1.165, 1.54) is 38.2 Å². The van der Waals surface area contributed by atoms with Crippen LogP contribution in [0.5, 0.6) is 17.2 Å². The lowest BCUT2D eigenvalue weighted by atomic mass is 10.2. The van der Waals surface area contributed by atoms with E-state index < -0.39 is 17.3 Å². The molecule has 0 saturated heterocycles. The van der Waals surface area contributed by atoms with E-state index in [-0.39, 0.29) is 34.1 Å². The first-order valence-electron chi connectivity index (χ1n) is 11.0. The summed E-state index contributed by atoms with van der Waals surface area (Å²) in [4.78, 5) is 25.4. The van der Waals surface area contributed by atoms with Crippen LogP contribution in [0.4, 0.5) is 24.8 Å². The number of methoxy groups -OCH3 is 1. The Labute approximate surface area is 212 Å². The van der Waals surface area contributed by atoms with E-state index in [1.807, 2.05) is 7.05 Å². The molecule has 5 aromatic rings. The molecule has 11 nitrogen and oxygen atoms in total. The molecule has 0 amide bonds. The monoisotopic (exact) mass is 524 g/mol. The Morgan fingerprint density at radius 1 is 1.05 bits per heavy atom. The van der Waals surface area contributed by atoms with Crippen molar-refractivity contribution >= 4 is 33.8 Å². The maximum absolute atomic E-state index is 13.3. The highest BCUT2D eigenvalue weighted by atomic mass is 19.4. The van der Waals surface area contributed by atoms with Gasteiger partial charge in [-0.15, -0.1) is 0 Å². The number of rotatable bonds is 5. The number of imidazole rings is 1. The molecule has 5 rings (SSSR count). The molecular formula is C24H19F3N8O3. The lowest BCUT2D eigenvalue weighted by molar-refractivity contribution is -0.138. The van der Waals surface area contributed by atoms with E-state index in [0.717, 1.165) is 4.57 Å². The van der Waals surface area contributed by atoms with E-state index in [2.05, 4.69) is 26.3 Å². The molecule has 0 unspecified atom stereocenters. The number of pyridine rings is 3. The Hall–Kier alpha value is -5.06. The molecule has 0 aliphatic heterocycles. The zero-order chi connectivity index (χ0) is 27.4. The number of aromatic nitrogens is 6. The van der Waals surface area contributed by atoms with Crippen molar-refractivity contribution in [2.75, 3.05) is 12.4 Å². The van der Waals surface area contributed by atoms with Crippen LogP contribution in [-0.4, -0.2) is 35.8 Å². The average Bonchev–Trinajstić information content (AvgIpc) is 3.36. The minimum Gasteiger partial charge on any atom is -0.494 e. The summed E-state index contributed by atoms with van der Waals surface area (Å²) in [5.74, 6) is 1.04. The number of anilines is 2. The van der Waals surface area contributed by atoms with Crippen LogP contribution in [0, 0.1) is 11.3 Å². The molecule has 0 aromatic carbocycles. The van der Waals surface area contributed by atoms with Crippen molar-refractivity contribution in [3.05, 3.63) is 58.4 Å². The maximum atomic E-state index is 13.3. The maximum Gasteiger partial charge on any atom is 0.417 e. The van der Waals surface area contributed by atoms with Crippen molar-refractivity contribution in [2.24, 2.45) is 21.1 Å². The van der Waals surface area contributed by atoms with Gasteiger partial charge in [-0.3, -0.25) is 4.79 Å². The molecule has 5 aromatic heterocycles. The first kappa shape index (κ1) is 24.6. The number of halogens is 3. The highest BCUT2D eigenvalue weighted by Gasteiger charge is 2.32. The van der Waals surface area contributed by atoms with Crippen LogP contribution in [-0.2, 0) is 27.3 Å². The molecule has 5 heterocycles. The Bertz CT molecular complexity index is 1830. The smallest absolute Gasteiger partial charge is 0.417 e. The van der Waals surface area contributed by atoms with Gasteiger partial charge in [0.2, 0.25) is 5.95 Å². The largest absolute Gasteiger partial charge is 0.494 e. The van der Waals surface area contributed by atoms with Gasteiger partial charge in [-0.25, -0.2) is 9.97 Å². The minimum absolute atomic E-state index is 0.00897. The number of hydrogen-bond donors (Lipinski definition) is 1. The van der Waals surface area contributed by atoms with E-state index in [0.29, 0.717) is 34.8 Å². The SMILES string of the molecule is COc1cn(C)c2ncc(Oc3cnc4nc(Nc5cc(C(F)(F)F)cn(C)c5=O)n(C)c4c3C#N)cc12. The third kappa shape index (κ3) is 4.03. The highest BCUT2D eigenvalue weighted by Crippen LogP contribution is 2.35. The van der Waals surface area contributed by atoms with Gasteiger partial charge >= 0.3 is 6.18 Å². The number of nitriles is 1. The van der Waals surface area contributed by atoms with Crippen molar-refractivity contribution in [1.29, 1.82) is 5.26 Å². The second-order valence-corrected chi connectivity index (χ2v) is 8.41. The molecule has 0 radical (unpaired) electrons. The number of alkyl halides is 3. The van der Waals surface area contributed by atoms with E-state index in [9.17, 15) is 23.2 Å². The number of hydrogen-bond acceptors (Lipinski definition) is 8. The van der Waals surface area contributed by atoms with Crippen molar-refractivity contribution in [3.63, 3.8) is 0 Å². The predicted octanol–water partition coefficient (Wildman–Crippen LogP) is 3.99. The van der Waals surface area contributed by atoms with Gasteiger partial charge in [0.1, 0.15) is 40.0 Å². The van der Waals surface area contributed by atoms with Gasteiger partial charge in [0, 0.05) is 33.5 Å². The molecular weight excluding hydrogens is 505 g/mol. The topological polar surface area (TPSA) is 125 Å². The minimum atomic E-state index is -4.66. The highest BCUT2D eigenvalue weighted by molar-refractivity contribution is 5.86. The van der Waals surface area contributed by atoms with E-state index in [4.69, 9.17) is 9.47 Å². The van der Waals surface area contributed by atoms with Gasteiger partial charge in [-0.1, -0.05) is 0 Å². The quantitative estimate of drug-likeness (QED) is 0.366. The van der Waals surface area contributed by atoms with Crippen LogP contribution < -0.4 is 20.3 Å². The summed E-state index contributed by atoms with van der Waals surface area (Å²) in [7, 11) is 6.11. The number of aryl methyl sites for hydroxylation is 3. The average molecular weight is 524 g/mol. The van der Waals surface area contributed by atoms with Crippen molar-refractivity contribution in [1.82, 2.24) is 28.7 Å². The Kier molecular flexibility index (Phi) is 5.70. The zero-order valence-corrected chi connectivity index (χ0v) is 20.5. The second kappa shape index (κ2) is 8.80. The van der Waals surface area contributed by atoms with Gasteiger partial charge in [0.05, 0.1) is 30.5 Å². The second-order valence-electron chi connectivity index (χ2n) is 8.41. The van der Waals surface area contributed by atoms with Gasteiger partial charge in [-0.2, -0.15) is 23.4 Å². The van der Waals surface area contributed by atoms with Crippen LogP contribution in [0.1, 0.15) is 11.1 Å². The van der Waals surface area contributed by atoms with Gasteiger partial charge in [0.25, 0.3) is 5.56 Å². The first-order valence-corrected chi connectivity index (χ1v) is 11.0. The van der Waals surface area contributed by atoms with Crippen LogP contribution in [0.2, 0.25) is 0 Å². The van der Waals surface area contributed by atoms with Gasteiger partial charge in [-0.05, 0) is 12.1 Å². The van der Waals surface area contributed by atoms with Crippen LogP contribution in [0.3, 0.4) is 0 Å². The number of nitrogens with one attached hydrogen (secondary N) is 1. The van der Waals surface area contributed by atoms with Crippen LogP contribution in [0.15, 0.2) is 41.7 Å². The van der Waals surface area contributed by atoms with E-state index in [1.54, 1.807) is 16.8 Å².